The van der Waals surface area contributed by atoms with E-state index in [0.717, 1.165) is 11.3 Å². The van der Waals surface area contributed by atoms with Gasteiger partial charge in [-0.1, -0.05) is 18.2 Å². The fourth-order valence-corrected chi connectivity index (χ4v) is 4.45. The third-order valence-corrected chi connectivity index (χ3v) is 6.03. The van der Waals surface area contributed by atoms with Crippen LogP contribution in [0.5, 0.6) is 5.75 Å². The van der Waals surface area contributed by atoms with Crippen LogP contribution < -0.4 is 10.1 Å². The van der Waals surface area contributed by atoms with Crippen molar-refractivity contribution >= 4 is 5.91 Å². The van der Waals surface area contributed by atoms with Gasteiger partial charge in [0.25, 0.3) is 0 Å². The number of ether oxygens (including phenoxy) is 3. The number of para-hydroxylation sites is 1. The minimum Gasteiger partial charge on any atom is -0.496 e. The molecule has 1 aromatic rings. The first kappa shape index (κ1) is 19.6. The van der Waals surface area contributed by atoms with E-state index in [9.17, 15) is 9.90 Å². The Bertz CT molecular complexity index is 694. The summed E-state index contributed by atoms with van der Waals surface area (Å²) in [5, 5.41) is 14.6. The summed E-state index contributed by atoms with van der Waals surface area (Å²) in [5.41, 5.74) is 1.03. The number of piperazine rings is 1. The maximum absolute atomic E-state index is 11.6. The molecule has 1 amide bonds. The monoisotopic (exact) mass is 391 g/mol. The summed E-state index contributed by atoms with van der Waals surface area (Å²) in [6.45, 7) is 5.36. The molecule has 0 aromatic heterocycles. The smallest absolute Gasteiger partial charge is 0.219 e. The highest BCUT2D eigenvalue weighted by Gasteiger charge is 2.52. The molecule has 5 atom stereocenters. The molecule has 154 valence electrons. The molecule has 4 rings (SSSR count). The molecule has 3 aliphatic rings. The van der Waals surface area contributed by atoms with Gasteiger partial charge in [-0.25, -0.2) is 0 Å². The predicted molar refractivity (Wildman–Crippen MR) is 102 cm³/mol. The summed E-state index contributed by atoms with van der Waals surface area (Å²) in [6, 6.07) is 7.36. The fourth-order valence-electron chi connectivity index (χ4n) is 4.45. The van der Waals surface area contributed by atoms with Crippen LogP contribution in [0.2, 0.25) is 0 Å². The maximum Gasteiger partial charge on any atom is 0.219 e. The van der Waals surface area contributed by atoms with Crippen LogP contribution in [0.25, 0.3) is 0 Å². The largest absolute Gasteiger partial charge is 0.496 e. The second kappa shape index (κ2) is 8.34. The van der Waals surface area contributed by atoms with E-state index in [-0.39, 0.29) is 24.1 Å². The number of carbonyl (C=O) groups excluding carboxylic acids is 1. The molecule has 3 fully saturated rings. The van der Waals surface area contributed by atoms with Crippen molar-refractivity contribution in [3.63, 3.8) is 0 Å². The zero-order chi connectivity index (χ0) is 19.7. The molecular formula is C20H29N3O5. The third kappa shape index (κ3) is 3.75. The average molecular weight is 391 g/mol. The van der Waals surface area contributed by atoms with E-state index in [1.807, 2.05) is 29.2 Å². The lowest BCUT2D eigenvalue weighted by atomic mass is 9.94. The van der Waals surface area contributed by atoms with Crippen LogP contribution in [0.4, 0.5) is 0 Å². The highest BCUT2D eigenvalue weighted by atomic mass is 16.7. The molecule has 2 bridgehead atoms. The summed E-state index contributed by atoms with van der Waals surface area (Å²) in [5.74, 6) is 0.910. The number of amides is 1. The number of fused-ring (bicyclic) bond motifs is 2. The molecule has 8 heteroatoms. The molecule has 8 nitrogen and oxygen atoms in total. The quantitative estimate of drug-likeness (QED) is 0.719. The Morgan fingerprint density at radius 3 is 2.75 bits per heavy atom. The third-order valence-electron chi connectivity index (χ3n) is 6.03. The van der Waals surface area contributed by atoms with E-state index in [4.69, 9.17) is 14.2 Å². The number of nitrogens with one attached hydrogen (secondary N) is 1. The standard InChI is InChI=1S/C20H29N3O5/c1-13(24)22-7-9-23(10-8-22)18-19(25)17(16-12-27-20(18)28-16)21-11-14-5-3-4-6-15(14)26-2/h3-6,16-21,25H,7-12H2,1-2H3. The van der Waals surface area contributed by atoms with Crippen LogP contribution in [-0.4, -0.2) is 91.3 Å². The van der Waals surface area contributed by atoms with Crippen molar-refractivity contribution < 1.29 is 24.1 Å². The molecule has 0 saturated carbocycles. The van der Waals surface area contributed by atoms with Crippen molar-refractivity contribution in [2.24, 2.45) is 0 Å². The number of nitrogens with zero attached hydrogens (tertiary/aromatic N) is 2. The van der Waals surface area contributed by atoms with E-state index in [0.29, 0.717) is 39.3 Å². The molecule has 28 heavy (non-hydrogen) atoms. The zero-order valence-electron chi connectivity index (χ0n) is 16.4. The van der Waals surface area contributed by atoms with Gasteiger partial charge in [-0.05, 0) is 6.07 Å². The fraction of sp³-hybridized carbons (Fsp3) is 0.650. The number of carbonyl (C=O) groups is 1. The Morgan fingerprint density at radius 1 is 1.29 bits per heavy atom. The molecule has 0 aliphatic carbocycles. The van der Waals surface area contributed by atoms with E-state index in [1.54, 1.807) is 14.0 Å². The van der Waals surface area contributed by atoms with Crippen LogP contribution in [0.1, 0.15) is 12.5 Å². The summed E-state index contributed by atoms with van der Waals surface area (Å²) < 4.78 is 17.3. The number of aliphatic hydroxyl groups excluding tert-OH is 1. The topological polar surface area (TPSA) is 83.5 Å². The maximum atomic E-state index is 11.6. The van der Waals surface area contributed by atoms with E-state index < -0.39 is 12.4 Å². The number of aliphatic hydroxyl groups is 1. The molecule has 0 spiro atoms. The molecule has 2 N–H and O–H groups in total. The number of methoxy groups -OCH3 is 1. The van der Waals surface area contributed by atoms with Gasteiger partial charge in [0.2, 0.25) is 5.91 Å². The summed E-state index contributed by atoms with van der Waals surface area (Å²) >= 11 is 0. The first-order chi connectivity index (χ1) is 13.6. The van der Waals surface area contributed by atoms with Crippen molar-refractivity contribution in [3.8, 4) is 5.75 Å². The normalized spacial score (nSPS) is 33.1. The van der Waals surface area contributed by atoms with Crippen LogP contribution in [0.15, 0.2) is 24.3 Å². The SMILES string of the molecule is COc1ccccc1CNC1C2COC(O2)C(N2CCN(C(C)=O)CC2)C1O. The van der Waals surface area contributed by atoms with Gasteiger partial charge in [0.1, 0.15) is 11.9 Å². The van der Waals surface area contributed by atoms with Crippen molar-refractivity contribution in [1.82, 2.24) is 15.1 Å². The zero-order valence-corrected chi connectivity index (χ0v) is 16.4. The minimum absolute atomic E-state index is 0.0913. The number of rotatable bonds is 5. The first-order valence-electron chi connectivity index (χ1n) is 9.88. The Hall–Kier alpha value is -1.71. The predicted octanol–water partition coefficient (Wildman–Crippen LogP) is -0.198. The van der Waals surface area contributed by atoms with E-state index >= 15 is 0 Å². The number of hydrogen-bond donors (Lipinski definition) is 2. The second-order valence-electron chi connectivity index (χ2n) is 7.62. The van der Waals surface area contributed by atoms with Gasteiger partial charge in [-0.2, -0.15) is 0 Å². The molecule has 0 radical (unpaired) electrons. The highest BCUT2D eigenvalue weighted by molar-refractivity contribution is 5.73. The van der Waals surface area contributed by atoms with E-state index in [1.165, 1.54) is 0 Å². The van der Waals surface area contributed by atoms with Crippen molar-refractivity contribution in [2.75, 3.05) is 39.9 Å². The Morgan fingerprint density at radius 2 is 2.04 bits per heavy atom. The summed E-state index contributed by atoms with van der Waals surface area (Å²) in [4.78, 5) is 15.6. The molecule has 1 aromatic carbocycles. The van der Waals surface area contributed by atoms with E-state index in [2.05, 4.69) is 10.2 Å². The Balaban J connectivity index is 1.43. The first-order valence-corrected chi connectivity index (χ1v) is 9.88. The van der Waals surface area contributed by atoms with Gasteiger partial charge in [-0.3, -0.25) is 9.69 Å². The minimum atomic E-state index is -0.621. The van der Waals surface area contributed by atoms with Crippen molar-refractivity contribution in [1.29, 1.82) is 0 Å². The molecule has 3 aliphatic heterocycles. The molecule has 3 saturated heterocycles. The lowest BCUT2D eigenvalue weighted by Gasteiger charge is -2.46. The average Bonchev–Trinajstić information content (AvgIpc) is 3.13. The van der Waals surface area contributed by atoms with Gasteiger partial charge in [0.05, 0.1) is 31.9 Å². The van der Waals surface area contributed by atoms with Crippen LogP contribution in [0, 0.1) is 0 Å². The molecule has 3 heterocycles. The van der Waals surface area contributed by atoms with Crippen molar-refractivity contribution in [3.05, 3.63) is 29.8 Å². The Labute approximate surface area is 165 Å². The number of hydrogen-bond acceptors (Lipinski definition) is 7. The Kier molecular flexibility index (Phi) is 5.84. The van der Waals surface area contributed by atoms with Crippen LogP contribution >= 0.6 is 0 Å². The van der Waals surface area contributed by atoms with Crippen molar-refractivity contribution in [2.45, 2.75) is 44.1 Å². The number of benzene rings is 1. The lowest BCUT2D eigenvalue weighted by Crippen LogP contribution is -2.66. The summed E-state index contributed by atoms with van der Waals surface area (Å²) in [6.07, 6.45) is -1.22. The lowest BCUT2D eigenvalue weighted by molar-refractivity contribution is -0.187. The van der Waals surface area contributed by atoms with Crippen LogP contribution in [0.3, 0.4) is 0 Å². The van der Waals surface area contributed by atoms with Gasteiger partial charge in [0.15, 0.2) is 6.29 Å². The van der Waals surface area contributed by atoms with Gasteiger partial charge >= 0.3 is 0 Å². The highest BCUT2D eigenvalue weighted by Crippen LogP contribution is 2.32. The molecular weight excluding hydrogens is 362 g/mol. The van der Waals surface area contributed by atoms with Gasteiger partial charge < -0.3 is 29.5 Å². The van der Waals surface area contributed by atoms with Crippen LogP contribution in [-0.2, 0) is 20.8 Å². The van der Waals surface area contributed by atoms with Gasteiger partial charge in [0, 0.05) is 45.2 Å². The second-order valence-corrected chi connectivity index (χ2v) is 7.62. The van der Waals surface area contributed by atoms with Gasteiger partial charge in [-0.15, -0.1) is 0 Å². The molecule has 5 unspecified atom stereocenters. The summed E-state index contributed by atoms with van der Waals surface area (Å²) in [7, 11) is 1.66.